The Morgan fingerprint density at radius 3 is 2.64 bits per heavy atom. The minimum atomic E-state index is -4.47. The van der Waals surface area contributed by atoms with Crippen LogP contribution in [0.2, 0.25) is 0 Å². The summed E-state index contributed by atoms with van der Waals surface area (Å²) in [4.78, 5) is 33.5. The minimum Gasteiger partial charge on any atom is -0.368 e. The lowest BCUT2D eigenvalue weighted by Gasteiger charge is -2.14. The van der Waals surface area contributed by atoms with Crippen LogP contribution in [0, 0.1) is 12.3 Å². The van der Waals surface area contributed by atoms with Crippen molar-refractivity contribution in [2.75, 3.05) is 25.0 Å². The summed E-state index contributed by atoms with van der Waals surface area (Å²) < 4.78 is 40.5. The number of hydroxylamine groups is 1. The van der Waals surface area contributed by atoms with Crippen molar-refractivity contribution in [3.8, 4) is 0 Å². The molecule has 0 atom stereocenters. The predicted molar refractivity (Wildman–Crippen MR) is 118 cm³/mol. The van der Waals surface area contributed by atoms with Crippen LogP contribution in [0.5, 0.6) is 0 Å². The highest BCUT2D eigenvalue weighted by Gasteiger charge is 2.32. The average molecular weight is 492 g/mol. The first-order chi connectivity index (χ1) is 15.1. The number of carbonyl (C=O) groups is 1. The second-order valence-electron chi connectivity index (χ2n) is 6.69. The number of nitrogens with zero attached hydrogens (tertiary/aromatic N) is 2. The van der Waals surface area contributed by atoms with Gasteiger partial charge in [-0.1, -0.05) is 18.2 Å². The van der Waals surface area contributed by atoms with Gasteiger partial charge in [-0.15, -0.1) is 12.4 Å². The molecular weight excluding hydrogens is 467 g/mol. The molecule has 182 valence electrons. The normalized spacial score (nSPS) is 10.8. The molecule has 0 bridgehead atoms. The molecule has 0 radical (unpaired) electrons. The van der Waals surface area contributed by atoms with Crippen molar-refractivity contribution in [2.45, 2.75) is 26.1 Å². The Morgan fingerprint density at radius 2 is 1.97 bits per heavy atom. The van der Waals surface area contributed by atoms with Crippen LogP contribution in [0.15, 0.2) is 35.3 Å². The predicted octanol–water partition coefficient (Wildman–Crippen LogP) is 1.18. The number of nitrogens with one attached hydrogen (secondary N) is 4. The molecule has 0 aliphatic rings. The van der Waals surface area contributed by atoms with E-state index in [0.29, 0.717) is 5.69 Å². The van der Waals surface area contributed by atoms with Crippen LogP contribution >= 0.6 is 12.4 Å². The Hall–Kier alpha value is -3.32. The number of halogens is 4. The molecule has 1 amide bonds. The maximum Gasteiger partial charge on any atom is 0.416 e. The third-order valence-electron chi connectivity index (χ3n) is 4.27. The van der Waals surface area contributed by atoms with Crippen molar-refractivity contribution >= 4 is 30.1 Å². The van der Waals surface area contributed by atoms with Crippen LogP contribution in [0.3, 0.4) is 0 Å². The standard InChI is InChI=1S/C19H24F3N7O3.ClH/c1-12-10-27-16(26-7-6-13-4-2-3-5-14(13)19(20,21)22)17(31)29(12)11-15(30)25-8-9-32-28-18(23)24;/h2-5,10H,6-9,11H2,1H3,(H,25,30)(H,26,27)(H4,23,24,28);1H. The number of guanidine groups is 1. The SMILES string of the molecule is Cc1cnc(NCCc2ccccc2C(F)(F)F)c(=O)n1CC(=O)NCCONC(=N)N.Cl. The number of alkyl halides is 3. The molecule has 0 saturated heterocycles. The first-order valence-corrected chi connectivity index (χ1v) is 9.53. The molecular formula is C19H25ClF3N7O3. The molecule has 33 heavy (non-hydrogen) atoms. The number of aromatic nitrogens is 2. The van der Waals surface area contributed by atoms with Crippen LogP contribution in [0.4, 0.5) is 19.0 Å². The maximum absolute atomic E-state index is 13.1. The van der Waals surface area contributed by atoms with E-state index in [1.54, 1.807) is 6.92 Å². The van der Waals surface area contributed by atoms with E-state index in [0.717, 1.165) is 6.07 Å². The first kappa shape index (κ1) is 27.7. The number of amides is 1. The zero-order valence-electron chi connectivity index (χ0n) is 17.7. The number of nitrogens with two attached hydrogens (primary N) is 1. The molecule has 0 aliphatic carbocycles. The molecule has 2 aromatic rings. The van der Waals surface area contributed by atoms with Crippen molar-refractivity contribution in [3.63, 3.8) is 0 Å². The highest BCUT2D eigenvalue weighted by atomic mass is 35.5. The van der Waals surface area contributed by atoms with E-state index in [-0.39, 0.29) is 62.4 Å². The molecule has 1 aromatic heterocycles. The second-order valence-corrected chi connectivity index (χ2v) is 6.69. The smallest absolute Gasteiger partial charge is 0.368 e. The lowest BCUT2D eigenvalue weighted by molar-refractivity contribution is -0.138. The highest BCUT2D eigenvalue weighted by molar-refractivity contribution is 5.85. The van der Waals surface area contributed by atoms with Crippen molar-refractivity contribution in [2.24, 2.45) is 5.73 Å². The van der Waals surface area contributed by atoms with E-state index < -0.39 is 23.2 Å². The number of anilines is 1. The zero-order chi connectivity index (χ0) is 23.7. The van der Waals surface area contributed by atoms with Gasteiger partial charge in [-0.25, -0.2) is 10.5 Å². The third kappa shape index (κ3) is 8.61. The molecule has 0 saturated carbocycles. The van der Waals surface area contributed by atoms with Gasteiger partial charge in [0.1, 0.15) is 6.54 Å². The maximum atomic E-state index is 13.1. The lowest BCUT2D eigenvalue weighted by atomic mass is 10.0. The van der Waals surface area contributed by atoms with E-state index in [2.05, 4.69) is 21.1 Å². The zero-order valence-corrected chi connectivity index (χ0v) is 18.5. The summed E-state index contributed by atoms with van der Waals surface area (Å²) in [7, 11) is 0. The van der Waals surface area contributed by atoms with Gasteiger partial charge in [0.25, 0.3) is 5.56 Å². The van der Waals surface area contributed by atoms with Crippen LogP contribution in [-0.2, 0) is 28.8 Å². The van der Waals surface area contributed by atoms with Gasteiger partial charge in [0.2, 0.25) is 11.9 Å². The third-order valence-corrected chi connectivity index (χ3v) is 4.27. The fraction of sp³-hybridized carbons (Fsp3) is 0.368. The molecule has 0 spiro atoms. The lowest BCUT2D eigenvalue weighted by Crippen LogP contribution is -2.37. The van der Waals surface area contributed by atoms with Gasteiger partial charge in [0, 0.05) is 25.0 Å². The monoisotopic (exact) mass is 491 g/mol. The van der Waals surface area contributed by atoms with Crippen molar-refractivity contribution < 1.29 is 22.8 Å². The molecule has 0 fully saturated rings. The summed E-state index contributed by atoms with van der Waals surface area (Å²) >= 11 is 0. The largest absolute Gasteiger partial charge is 0.416 e. The average Bonchev–Trinajstić information content (AvgIpc) is 2.72. The first-order valence-electron chi connectivity index (χ1n) is 9.53. The van der Waals surface area contributed by atoms with Gasteiger partial charge in [-0.3, -0.25) is 24.4 Å². The Morgan fingerprint density at radius 1 is 1.27 bits per heavy atom. The Labute approximate surface area is 193 Å². The van der Waals surface area contributed by atoms with Crippen molar-refractivity contribution in [1.82, 2.24) is 20.3 Å². The fourth-order valence-corrected chi connectivity index (χ4v) is 2.79. The molecule has 2 rings (SSSR count). The minimum absolute atomic E-state index is 0. The fourth-order valence-electron chi connectivity index (χ4n) is 2.79. The molecule has 0 unspecified atom stereocenters. The molecule has 14 heteroatoms. The quantitative estimate of drug-likeness (QED) is 0.145. The summed E-state index contributed by atoms with van der Waals surface area (Å²) in [6.07, 6.45) is -3.05. The topological polar surface area (TPSA) is 147 Å². The summed E-state index contributed by atoms with van der Waals surface area (Å²) in [6.45, 7) is 1.53. The summed E-state index contributed by atoms with van der Waals surface area (Å²) in [5.41, 5.74) is 6.39. The summed E-state index contributed by atoms with van der Waals surface area (Å²) in [5.74, 6) is -0.906. The van der Waals surface area contributed by atoms with Crippen LogP contribution in [-0.4, -0.2) is 41.1 Å². The van der Waals surface area contributed by atoms with Crippen LogP contribution < -0.4 is 27.4 Å². The van der Waals surface area contributed by atoms with Crippen molar-refractivity contribution in [3.05, 3.63) is 57.6 Å². The Bertz CT molecular complexity index is 1010. The van der Waals surface area contributed by atoms with E-state index in [1.165, 1.54) is 29.0 Å². The number of rotatable bonds is 10. The van der Waals surface area contributed by atoms with E-state index in [1.807, 2.05) is 0 Å². The number of aryl methyl sites for hydroxylation is 1. The number of carbonyl (C=O) groups excluding carboxylic acids is 1. The van der Waals surface area contributed by atoms with Gasteiger partial charge in [0.15, 0.2) is 5.82 Å². The van der Waals surface area contributed by atoms with E-state index in [4.69, 9.17) is 16.0 Å². The van der Waals surface area contributed by atoms with Gasteiger partial charge in [-0.05, 0) is 25.0 Å². The highest BCUT2D eigenvalue weighted by Crippen LogP contribution is 2.31. The molecule has 1 heterocycles. The van der Waals surface area contributed by atoms with E-state index >= 15 is 0 Å². The molecule has 1 aromatic carbocycles. The number of hydrogen-bond donors (Lipinski definition) is 5. The van der Waals surface area contributed by atoms with Gasteiger partial charge < -0.3 is 16.4 Å². The van der Waals surface area contributed by atoms with Gasteiger partial charge >= 0.3 is 6.18 Å². The Kier molecular flexibility index (Phi) is 10.6. The Balaban J connectivity index is 0.00000544. The summed E-state index contributed by atoms with van der Waals surface area (Å²) in [6, 6.07) is 5.22. The van der Waals surface area contributed by atoms with Gasteiger partial charge in [0.05, 0.1) is 12.2 Å². The molecule has 10 nitrogen and oxygen atoms in total. The van der Waals surface area contributed by atoms with Crippen LogP contribution in [0.25, 0.3) is 0 Å². The number of benzene rings is 1. The van der Waals surface area contributed by atoms with Crippen LogP contribution in [0.1, 0.15) is 16.8 Å². The number of hydrogen-bond acceptors (Lipinski definition) is 6. The van der Waals surface area contributed by atoms with Gasteiger partial charge in [-0.2, -0.15) is 13.2 Å². The molecule has 6 N–H and O–H groups in total. The summed E-state index contributed by atoms with van der Waals surface area (Å²) in [5, 5.41) is 12.2. The second kappa shape index (κ2) is 12.6. The molecule has 0 aliphatic heterocycles. The van der Waals surface area contributed by atoms with Crippen molar-refractivity contribution in [1.29, 1.82) is 5.41 Å². The van der Waals surface area contributed by atoms with E-state index in [9.17, 15) is 22.8 Å².